The number of carboxylic acids is 3. The van der Waals surface area contributed by atoms with Gasteiger partial charge in [0.15, 0.2) is 0 Å². The van der Waals surface area contributed by atoms with Crippen molar-refractivity contribution < 1.29 is 47.7 Å². The molecule has 3 aromatic rings. The summed E-state index contributed by atoms with van der Waals surface area (Å²) in [6, 6.07) is 16.8. The smallest absolute Gasteiger partial charge is 0.481 e. The number of hydrogen-bond acceptors (Lipinski definition) is 5. The van der Waals surface area contributed by atoms with E-state index < -0.39 is 48.8 Å². The summed E-state index contributed by atoms with van der Waals surface area (Å²) in [5.41, 5.74) is 2.86. The monoisotopic (exact) mass is 582 g/mol. The van der Waals surface area contributed by atoms with E-state index >= 15 is 0 Å². The van der Waals surface area contributed by atoms with Crippen LogP contribution in [0, 0.1) is 5.92 Å². The third kappa shape index (κ3) is 9.84. The van der Waals surface area contributed by atoms with Crippen LogP contribution in [-0.4, -0.2) is 56.3 Å². The van der Waals surface area contributed by atoms with Crippen molar-refractivity contribution in [3.05, 3.63) is 76.9 Å². The number of aliphatic carboxylic acids is 3. The molecule has 214 valence electrons. The molecular weight excluding hydrogens is 557 g/mol. The maximum atomic E-state index is 12.6. The molecule has 3 rings (SSSR count). The zero-order valence-corrected chi connectivity index (χ0v) is 21.8. The van der Waals surface area contributed by atoms with E-state index in [1.807, 2.05) is 49.4 Å². The maximum absolute atomic E-state index is 12.6. The van der Waals surface area contributed by atoms with E-state index in [2.05, 4.69) is 10.3 Å². The van der Waals surface area contributed by atoms with Crippen LogP contribution in [0.1, 0.15) is 36.8 Å². The Morgan fingerprint density at radius 2 is 1.55 bits per heavy atom. The Morgan fingerprint density at radius 1 is 0.950 bits per heavy atom. The zero-order valence-electron chi connectivity index (χ0n) is 21.1. The average molecular weight is 583 g/mol. The highest BCUT2D eigenvalue weighted by atomic mass is 35.5. The Hall–Kier alpha value is -4.19. The molecule has 0 saturated heterocycles. The second-order valence-corrected chi connectivity index (χ2v) is 9.29. The molecule has 4 N–H and O–H groups in total. The van der Waals surface area contributed by atoms with Crippen LogP contribution in [0.3, 0.4) is 0 Å². The van der Waals surface area contributed by atoms with Gasteiger partial charge in [-0.2, -0.15) is 13.2 Å². The Labute approximate surface area is 231 Å². The second-order valence-electron chi connectivity index (χ2n) is 8.85. The van der Waals surface area contributed by atoms with Crippen molar-refractivity contribution in [3.8, 4) is 0 Å². The van der Waals surface area contributed by atoms with Gasteiger partial charge >= 0.3 is 24.1 Å². The Kier molecular flexibility index (Phi) is 11.4. The fraction of sp³-hybridized carbons (Fsp3) is 0.296. The van der Waals surface area contributed by atoms with Crippen molar-refractivity contribution in [3.63, 3.8) is 0 Å². The highest BCUT2D eigenvalue weighted by molar-refractivity contribution is 6.30. The molecular formula is C27H26ClF3N2O7. The number of aromatic nitrogens is 1. The first-order valence-corrected chi connectivity index (χ1v) is 12.2. The van der Waals surface area contributed by atoms with Crippen LogP contribution in [0.2, 0.25) is 5.02 Å². The molecule has 0 saturated carbocycles. The van der Waals surface area contributed by atoms with E-state index in [9.17, 15) is 32.7 Å². The van der Waals surface area contributed by atoms with Crippen molar-refractivity contribution in [2.75, 3.05) is 0 Å². The minimum Gasteiger partial charge on any atom is -0.481 e. The van der Waals surface area contributed by atoms with Crippen molar-refractivity contribution in [1.82, 2.24) is 10.3 Å². The summed E-state index contributed by atoms with van der Waals surface area (Å²) in [6.45, 7) is 1.85. The van der Waals surface area contributed by atoms with E-state index in [4.69, 9.17) is 26.6 Å². The molecule has 0 radical (unpaired) electrons. The van der Waals surface area contributed by atoms with Gasteiger partial charge in [-0.15, -0.1) is 0 Å². The fourth-order valence-corrected chi connectivity index (χ4v) is 4.08. The normalized spacial score (nSPS) is 13.3. The van der Waals surface area contributed by atoms with Crippen molar-refractivity contribution in [2.45, 2.75) is 44.3 Å². The van der Waals surface area contributed by atoms with Gasteiger partial charge in [0.2, 0.25) is 5.91 Å². The lowest BCUT2D eigenvalue weighted by Gasteiger charge is -2.26. The number of rotatable bonds is 10. The molecule has 40 heavy (non-hydrogen) atoms. The van der Waals surface area contributed by atoms with Crippen molar-refractivity contribution >= 4 is 46.3 Å². The number of benzene rings is 2. The van der Waals surface area contributed by atoms with Crippen LogP contribution >= 0.6 is 11.6 Å². The third-order valence-electron chi connectivity index (χ3n) is 5.89. The van der Waals surface area contributed by atoms with E-state index in [-0.39, 0.29) is 12.0 Å². The van der Waals surface area contributed by atoms with E-state index in [0.717, 1.165) is 22.0 Å². The van der Waals surface area contributed by atoms with Crippen LogP contribution in [0.5, 0.6) is 0 Å². The molecule has 1 heterocycles. The van der Waals surface area contributed by atoms with Crippen LogP contribution < -0.4 is 5.32 Å². The first kappa shape index (κ1) is 32.0. The molecule has 0 fully saturated rings. The summed E-state index contributed by atoms with van der Waals surface area (Å²) in [6.07, 6.45) is -3.79. The Bertz CT molecular complexity index is 1340. The first-order chi connectivity index (χ1) is 18.7. The lowest BCUT2D eigenvalue weighted by molar-refractivity contribution is -0.192. The number of nitrogens with one attached hydrogen (secondary N) is 1. The van der Waals surface area contributed by atoms with E-state index in [1.54, 1.807) is 18.3 Å². The van der Waals surface area contributed by atoms with Gasteiger partial charge in [0, 0.05) is 35.0 Å². The van der Waals surface area contributed by atoms with Gasteiger partial charge in [-0.1, -0.05) is 48.0 Å². The second kappa shape index (κ2) is 14.3. The molecule has 1 amide bonds. The fourth-order valence-electron chi connectivity index (χ4n) is 3.96. The van der Waals surface area contributed by atoms with E-state index in [1.165, 1.54) is 0 Å². The molecule has 1 aromatic heterocycles. The Balaban J connectivity index is 0.000000708. The van der Waals surface area contributed by atoms with Gasteiger partial charge in [-0.3, -0.25) is 19.4 Å². The van der Waals surface area contributed by atoms with Gasteiger partial charge in [-0.25, -0.2) is 4.79 Å². The minimum absolute atomic E-state index is 0.151. The first-order valence-electron chi connectivity index (χ1n) is 11.8. The van der Waals surface area contributed by atoms with Crippen LogP contribution in [0.25, 0.3) is 10.9 Å². The molecule has 3 atom stereocenters. The summed E-state index contributed by atoms with van der Waals surface area (Å²) >= 11 is 6.06. The Morgan fingerprint density at radius 3 is 2.10 bits per heavy atom. The average Bonchev–Trinajstić information content (AvgIpc) is 2.87. The quantitative estimate of drug-likeness (QED) is 0.263. The van der Waals surface area contributed by atoms with Crippen LogP contribution in [-0.2, 0) is 25.6 Å². The molecule has 0 aliphatic heterocycles. The molecule has 9 nitrogen and oxygen atoms in total. The van der Waals surface area contributed by atoms with Gasteiger partial charge in [0.05, 0.1) is 17.9 Å². The molecule has 0 spiro atoms. The number of amides is 1. The lowest BCUT2D eigenvalue weighted by atomic mass is 9.85. The number of fused-ring (bicyclic) bond motifs is 1. The summed E-state index contributed by atoms with van der Waals surface area (Å²) in [5.74, 6) is -7.27. The number of nitrogens with zero attached hydrogens (tertiary/aromatic N) is 1. The largest absolute Gasteiger partial charge is 0.490 e. The van der Waals surface area contributed by atoms with E-state index in [0.29, 0.717) is 11.4 Å². The molecule has 3 unspecified atom stereocenters. The SMILES string of the molecule is CC(NC(=O)CC(CC(=O)O)C(=O)O)C(Cc1cccc2cccnc12)c1ccc(Cl)cc1.O=C(O)C(F)(F)F. The number of hydrogen-bond donors (Lipinski definition) is 4. The maximum Gasteiger partial charge on any atom is 0.490 e. The lowest BCUT2D eigenvalue weighted by Crippen LogP contribution is -2.39. The zero-order chi connectivity index (χ0) is 30.0. The minimum atomic E-state index is -5.08. The molecule has 0 aliphatic carbocycles. The summed E-state index contributed by atoms with van der Waals surface area (Å²) in [5, 5.41) is 29.8. The number of pyridine rings is 1. The number of alkyl halides is 3. The number of para-hydroxylation sites is 1. The molecule has 13 heteroatoms. The van der Waals surface area contributed by atoms with Gasteiger partial charge < -0.3 is 20.6 Å². The highest BCUT2D eigenvalue weighted by Gasteiger charge is 2.38. The number of carbonyl (C=O) groups is 4. The van der Waals surface area contributed by atoms with Gasteiger partial charge in [0.1, 0.15) is 0 Å². The predicted molar refractivity (Wildman–Crippen MR) is 139 cm³/mol. The summed E-state index contributed by atoms with van der Waals surface area (Å²) in [4.78, 5) is 48.3. The van der Waals surface area contributed by atoms with Crippen LogP contribution in [0.15, 0.2) is 60.8 Å². The number of carboxylic acid groups (broad SMARTS) is 3. The summed E-state index contributed by atoms with van der Waals surface area (Å²) in [7, 11) is 0. The van der Waals surface area contributed by atoms with Crippen molar-refractivity contribution in [2.24, 2.45) is 5.92 Å². The summed E-state index contributed by atoms with van der Waals surface area (Å²) < 4.78 is 31.7. The highest BCUT2D eigenvalue weighted by Crippen LogP contribution is 2.29. The standard InChI is InChI=1S/C25H25ClN2O5.C2HF3O2/c1-15(28-22(29)13-19(25(32)33)14-23(30)31)21(16-7-9-20(26)10-8-16)12-18-5-2-4-17-6-3-11-27-24(17)18;3-2(4,5)1(6)7/h2-11,15,19,21H,12-14H2,1H3,(H,28,29)(H,30,31)(H,32,33);(H,6,7). The predicted octanol–water partition coefficient (Wildman–Crippen LogP) is 4.92. The van der Waals surface area contributed by atoms with Gasteiger partial charge in [-0.05, 0) is 42.7 Å². The number of halogens is 4. The number of carbonyl (C=O) groups excluding carboxylic acids is 1. The van der Waals surface area contributed by atoms with Crippen molar-refractivity contribution in [1.29, 1.82) is 0 Å². The third-order valence-corrected chi connectivity index (χ3v) is 6.14. The molecule has 2 aromatic carbocycles. The van der Waals surface area contributed by atoms with Gasteiger partial charge in [0.25, 0.3) is 0 Å². The van der Waals surface area contributed by atoms with Crippen LogP contribution in [0.4, 0.5) is 13.2 Å². The topological polar surface area (TPSA) is 154 Å². The molecule has 0 bridgehead atoms. The molecule has 0 aliphatic rings.